The van der Waals surface area contributed by atoms with Gasteiger partial charge in [-0.2, -0.15) is 0 Å². The molecule has 0 unspecified atom stereocenters. The number of rotatable bonds is 10. The van der Waals surface area contributed by atoms with E-state index in [0.29, 0.717) is 11.3 Å². The van der Waals surface area contributed by atoms with Crippen LogP contribution in [-0.2, 0) is 23.9 Å². The van der Waals surface area contributed by atoms with Crippen molar-refractivity contribution in [2.24, 2.45) is 4.99 Å². The minimum absolute atomic E-state index is 0.0408. The second kappa shape index (κ2) is 12.4. The topological polar surface area (TPSA) is 218 Å². The first-order chi connectivity index (χ1) is 22.0. The fourth-order valence-corrected chi connectivity index (χ4v) is 5.28. The molecule has 0 saturated carbocycles. The summed E-state index contributed by atoms with van der Waals surface area (Å²) in [5.74, 6) is -2.43. The fourth-order valence-electron chi connectivity index (χ4n) is 5.28. The lowest BCUT2D eigenvalue weighted by molar-refractivity contribution is -0.361. The number of hydroxylamine groups is 2. The van der Waals surface area contributed by atoms with Crippen molar-refractivity contribution in [1.82, 2.24) is 5.06 Å². The predicted molar refractivity (Wildman–Crippen MR) is 156 cm³/mol. The van der Waals surface area contributed by atoms with Crippen LogP contribution in [0.5, 0.6) is 11.5 Å². The standard InChI is InChI=1S/C31H28N2O13/c34-15-31(41)28(40)24(14-43-26(38)10-25(36)37)45-30(29(31)46-33-11-17-7-8-32-22(17)12-33)44-19-5-6-20-23(9-19)42-13-21(27(20)39)16-1-3-18(35)4-2-16/h1-9,12-13,24,28-30,34-35,40-41H,10-11,14-15H2,(H,36,37)/t24-,28-,29+,30-,31+/m0/s1. The van der Waals surface area contributed by atoms with Crippen molar-refractivity contribution in [3.05, 3.63) is 82.5 Å². The molecule has 0 spiro atoms. The lowest BCUT2D eigenvalue weighted by atomic mass is 9.84. The van der Waals surface area contributed by atoms with Gasteiger partial charge in [0.05, 0.1) is 36.0 Å². The first-order valence-corrected chi connectivity index (χ1v) is 14.0. The van der Waals surface area contributed by atoms with E-state index in [9.17, 15) is 34.8 Å². The number of aliphatic hydroxyl groups excluding tert-OH is 2. The first kappa shape index (κ1) is 30.9. The molecule has 1 saturated heterocycles. The largest absolute Gasteiger partial charge is 0.508 e. The van der Waals surface area contributed by atoms with Gasteiger partial charge in [0, 0.05) is 17.9 Å². The number of aliphatic carboxylic acids is 1. The number of carboxylic acid groups (broad SMARTS) is 1. The summed E-state index contributed by atoms with van der Waals surface area (Å²) in [4.78, 5) is 46.2. The number of benzene rings is 2. The van der Waals surface area contributed by atoms with Crippen LogP contribution in [0.1, 0.15) is 6.42 Å². The molecule has 5 atom stereocenters. The summed E-state index contributed by atoms with van der Waals surface area (Å²) in [5.41, 5.74) is -0.428. The van der Waals surface area contributed by atoms with Crippen LogP contribution in [0.4, 0.5) is 0 Å². The number of carbonyl (C=O) groups is 2. The van der Waals surface area contributed by atoms with Gasteiger partial charge in [-0.3, -0.25) is 29.3 Å². The molecule has 1 aromatic heterocycles. The molecule has 5 N–H and O–H groups in total. The zero-order valence-electron chi connectivity index (χ0n) is 23.9. The molecule has 3 aliphatic rings. The van der Waals surface area contributed by atoms with Crippen LogP contribution in [0.3, 0.4) is 0 Å². The van der Waals surface area contributed by atoms with Gasteiger partial charge in [0.25, 0.3) is 0 Å². The zero-order valence-corrected chi connectivity index (χ0v) is 23.9. The van der Waals surface area contributed by atoms with E-state index >= 15 is 0 Å². The molecule has 1 fully saturated rings. The van der Waals surface area contributed by atoms with Gasteiger partial charge in [-0.05, 0) is 35.9 Å². The number of ether oxygens (including phenoxy) is 3. The number of nitrogens with zero attached hydrogens (tertiary/aromatic N) is 2. The number of hydrogen-bond donors (Lipinski definition) is 5. The van der Waals surface area contributed by atoms with Gasteiger partial charge in [0.2, 0.25) is 6.29 Å². The molecule has 0 radical (unpaired) electrons. The number of phenols is 1. The number of hydrogen-bond acceptors (Lipinski definition) is 14. The molecular weight excluding hydrogens is 608 g/mol. The van der Waals surface area contributed by atoms with Crippen LogP contribution >= 0.6 is 0 Å². The Hall–Kier alpha value is -5.06. The third kappa shape index (κ3) is 5.96. The van der Waals surface area contributed by atoms with E-state index < -0.39 is 61.8 Å². The summed E-state index contributed by atoms with van der Waals surface area (Å²) < 4.78 is 22.6. The van der Waals surface area contributed by atoms with Gasteiger partial charge in [0.15, 0.2) is 17.1 Å². The highest BCUT2D eigenvalue weighted by molar-refractivity contribution is 5.90. The van der Waals surface area contributed by atoms with Crippen LogP contribution in [0.15, 0.2) is 86.5 Å². The highest BCUT2D eigenvalue weighted by Crippen LogP contribution is 2.36. The Bertz CT molecular complexity index is 1820. The number of fused-ring (bicyclic) bond motifs is 2. The molecule has 3 aliphatic heterocycles. The van der Waals surface area contributed by atoms with Gasteiger partial charge in [-0.15, -0.1) is 0 Å². The number of carboxylic acids is 1. The molecule has 46 heavy (non-hydrogen) atoms. The van der Waals surface area contributed by atoms with E-state index in [2.05, 4.69) is 4.99 Å². The first-order valence-electron chi connectivity index (χ1n) is 14.0. The number of phenolic OH excluding ortho intramolecular Hbond substituents is 1. The molecule has 2 aromatic carbocycles. The highest BCUT2D eigenvalue weighted by Gasteiger charge is 2.58. The number of carbonyl (C=O) groups excluding carboxylic acids is 1. The molecule has 0 bridgehead atoms. The van der Waals surface area contributed by atoms with Crippen molar-refractivity contribution in [3.8, 4) is 22.6 Å². The van der Waals surface area contributed by atoms with Crippen molar-refractivity contribution in [3.63, 3.8) is 0 Å². The van der Waals surface area contributed by atoms with E-state index in [1.54, 1.807) is 30.6 Å². The lowest BCUT2D eigenvalue weighted by Gasteiger charge is -2.48. The van der Waals surface area contributed by atoms with E-state index in [1.807, 2.05) is 0 Å². The maximum absolute atomic E-state index is 13.2. The maximum atomic E-state index is 13.2. The minimum Gasteiger partial charge on any atom is -0.508 e. The van der Waals surface area contributed by atoms with Gasteiger partial charge in [-0.25, -0.2) is 0 Å². The van der Waals surface area contributed by atoms with Crippen molar-refractivity contribution in [2.45, 2.75) is 36.6 Å². The molecule has 15 heteroatoms. The van der Waals surface area contributed by atoms with Gasteiger partial charge < -0.3 is 44.2 Å². The number of aliphatic hydroxyl groups is 3. The van der Waals surface area contributed by atoms with E-state index in [0.717, 1.165) is 5.57 Å². The predicted octanol–water partition coefficient (Wildman–Crippen LogP) is 0.839. The maximum Gasteiger partial charge on any atom is 0.317 e. The van der Waals surface area contributed by atoms with E-state index in [-0.39, 0.29) is 40.0 Å². The second-order valence-corrected chi connectivity index (χ2v) is 10.8. The van der Waals surface area contributed by atoms with Gasteiger partial charge >= 0.3 is 11.9 Å². The molecule has 3 aromatic rings. The summed E-state index contributed by atoms with van der Waals surface area (Å²) in [7, 11) is 0. The van der Waals surface area contributed by atoms with Crippen LogP contribution in [-0.4, -0.2) is 98.7 Å². The minimum atomic E-state index is -2.44. The van der Waals surface area contributed by atoms with Crippen molar-refractivity contribution in [2.75, 3.05) is 19.8 Å². The average molecular weight is 637 g/mol. The number of aliphatic imine (C=N–C) groups is 1. The Morgan fingerprint density at radius 3 is 2.65 bits per heavy atom. The summed E-state index contributed by atoms with van der Waals surface area (Å²) in [6.07, 6.45) is -1.28. The van der Waals surface area contributed by atoms with Crippen molar-refractivity contribution < 1.29 is 58.6 Å². The molecule has 4 heterocycles. The third-order valence-corrected chi connectivity index (χ3v) is 7.71. The quantitative estimate of drug-likeness (QED) is 0.154. The SMILES string of the molecule is O=C(O)CC(=O)OC[C@@H]1O[C@H](Oc2ccc3c(=O)c(-c4ccc(O)cc4)coc3c2)[C@@H](ON2C=C3N=CC=C3C2)[C@@](O)(CO)[C@H]1O. The van der Waals surface area contributed by atoms with Crippen LogP contribution in [0, 0.1) is 0 Å². The highest BCUT2D eigenvalue weighted by atomic mass is 16.8. The molecule has 240 valence electrons. The second-order valence-electron chi connectivity index (χ2n) is 10.8. The zero-order chi connectivity index (χ0) is 32.6. The Kier molecular flexibility index (Phi) is 8.33. The van der Waals surface area contributed by atoms with Crippen molar-refractivity contribution >= 4 is 29.1 Å². The third-order valence-electron chi connectivity index (χ3n) is 7.71. The summed E-state index contributed by atoms with van der Waals surface area (Å²) >= 11 is 0. The smallest absolute Gasteiger partial charge is 0.317 e. The van der Waals surface area contributed by atoms with Gasteiger partial charge in [-0.1, -0.05) is 12.1 Å². The fraction of sp³-hybridized carbons (Fsp3) is 0.290. The Labute approximate surface area is 259 Å². The number of allylic oxidation sites excluding steroid dienone is 1. The van der Waals surface area contributed by atoms with Crippen LogP contribution in [0.2, 0.25) is 0 Å². The Morgan fingerprint density at radius 2 is 1.93 bits per heavy atom. The lowest BCUT2D eigenvalue weighted by Crippen LogP contribution is -2.71. The molecule has 0 amide bonds. The van der Waals surface area contributed by atoms with E-state index in [4.69, 9.17) is 28.6 Å². The summed E-state index contributed by atoms with van der Waals surface area (Å²) in [6.45, 7) is -1.51. The monoisotopic (exact) mass is 636 g/mol. The van der Waals surface area contributed by atoms with Crippen LogP contribution < -0.4 is 10.2 Å². The van der Waals surface area contributed by atoms with Gasteiger partial charge in [0.1, 0.15) is 48.6 Å². The normalized spacial score (nSPS) is 25.2. The average Bonchev–Trinajstić information content (AvgIpc) is 3.63. The number of aromatic hydroxyl groups is 1. The molecule has 6 rings (SSSR count). The summed E-state index contributed by atoms with van der Waals surface area (Å²) in [6, 6.07) is 10.3. The summed E-state index contributed by atoms with van der Waals surface area (Å²) in [5, 5.41) is 52.9. The molecular formula is C31H28N2O13. The molecule has 15 nitrogen and oxygen atoms in total. The molecule has 0 aliphatic carbocycles. The van der Waals surface area contributed by atoms with E-state index in [1.165, 1.54) is 41.7 Å². The Balaban J connectivity index is 1.30. The number of esters is 1. The Morgan fingerprint density at radius 1 is 1.15 bits per heavy atom. The van der Waals surface area contributed by atoms with Crippen molar-refractivity contribution in [1.29, 1.82) is 0 Å². The van der Waals surface area contributed by atoms with Crippen LogP contribution in [0.25, 0.3) is 22.1 Å².